The molecule has 0 heterocycles. The molecular formula is C18H42CeN6O6. The van der Waals surface area contributed by atoms with Crippen LogP contribution < -0.4 is 34.4 Å². The maximum Gasteiger partial charge on any atom is 0.320 e. The van der Waals surface area contributed by atoms with Crippen molar-refractivity contribution in [3.8, 4) is 0 Å². The smallest absolute Gasteiger partial charge is 0.320 e. The predicted octanol–water partition coefficient (Wildman–Crippen LogP) is -1.42. The standard InChI is InChI=1S/3C6H14N2O2.Ce/c3*7-4-2-1-3-5(8)6(9)10;/h3*5H,1-4,7-8H2,(H,9,10);/t3*5-;/m000./s1. The van der Waals surface area contributed by atoms with Crippen LogP contribution in [0.3, 0.4) is 0 Å². The minimum atomic E-state index is -0.933. The maximum absolute atomic E-state index is 10.1. The van der Waals surface area contributed by atoms with E-state index in [1.54, 1.807) is 0 Å². The molecule has 31 heavy (non-hydrogen) atoms. The first-order valence-electron chi connectivity index (χ1n) is 10.1. The zero-order valence-electron chi connectivity index (χ0n) is 18.2. The average Bonchev–Trinajstić information content (AvgIpc) is 2.69. The molecule has 0 radical (unpaired) electrons. The van der Waals surface area contributed by atoms with Gasteiger partial charge in [0.2, 0.25) is 0 Å². The van der Waals surface area contributed by atoms with Gasteiger partial charge in [-0.05, 0) is 58.2 Å². The number of unbranched alkanes of at least 4 members (excludes halogenated alkanes) is 3. The number of rotatable bonds is 15. The molecule has 0 aliphatic heterocycles. The number of aliphatic carboxylic acids is 3. The Kier molecular flexibility index (Phi) is 33.7. The third kappa shape index (κ3) is 31.8. The number of nitrogens with two attached hydrogens (primary N) is 6. The third-order valence-corrected chi connectivity index (χ3v) is 3.86. The van der Waals surface area contributed by atoms with Crippen molar-refractivity contribution in [2.45, 2.75) is 75.9 Å². The number of carboxylic acids is 3. The molecule has 0 aromatic rings. The molecule has 0 fully saturated rings. The van der Waals surface area contributed by atoms with Gasteiger partial charge in [0.25, 0.3) is 0 Å². The summed E-state index contributed by atoms with van der Waals surface area (Å²) in [6, 6.07) is -2.15. The molecule has 15 N–H and O–H groups in total. The van der Waals surface area contributed by atoms with Gasteiger partial charge in [-0.1, -0.05) is 19.3 Å². The summed E-state index contributed by atoms with van der Waals surface area (Å²) in [5, 5.41) is 25.0. The summed E-state index contributed by atoms with van der Waals surface area (Å²) in [5.41, 5.74) is 31.3. The van der Waals surface area contributed by atoms with Gasteiger partial charge in [-0.15, -0.1) is 0 Å². The van der Waals surface area contributed by atoms with Gasteiger partial charge >= 0.3 is 17.9 Å². The predicted molar refractivity (Wildman–Crippen MR) is 116 cm³/mol. The Balaban J connectivity index is -0.000000174. The van der Waals surface area contributed by atoms with Crippen molar-refractivity contribution >= 4 is 17.9 Å². The molecule has 184 valence electrons. The van der Waals surface area contributed by atoms with E-state index in [9.17, 15) is 14.4 Å². The van der Waals surface area contributed by atoms with Gasteiger partial charge in [-0.2, -0.15) is 0 Å². The van der Waals surface area contributed by atoms with E-state index in [1.165, 1.54) is 0 Å². The molecule has 0 aromatic carbocycles. The zero-order chi connectivity index (χ0) is 23.9. The molecule has 0 amide bonds. The van der Waals surface area contributed by atoms with Crippen molar-refractivity contribution in [2.24, 2.45) is 34.4 Å². The average molecular weight is 579 g/mol. The molecule has 0 rings (SSSR count). The van der Waals surface area contributed by atoms with Crippen LogP contribution in [0.5, 0.6) is 0 Å². The van der Waals surface area contributed by atoms with Gasteiger partial charge in [0.15, 0.2) is 0 Å². The fourth-order valence-corrected chi connectivity index (χ4v) is 1.90. The van der Waals surface area contributed by atoms with Crippen molar-refractivity contribution < 1.29 is 71.5 Å². The van der Waals surface area contributed by atoms with Gasteiger partial charge < -0.3 is 49.7 Å². The first-order valence-corrected chi connectivity index (χ1v) is 10.1. The molecule has 0 unspecified atom stereocenters. The summed E-state index contributed by atoms with van der Waals surface area (Å²) in [5.74, 6) is -2.80. The van der Waals surface area contributed by atoms with Crippen molar-refractivity contribution in [2.75, 3.05) is 19.6 Å². The number of hydrogen-bond donors (Lipinski definition) is 9. The molecule has 0 spiro atoms. The first-order chi connectivity index (χ1) is 14.0. The topological polar surface area (TPSA) is 268 Å². The zero-order valence-corrected chi connectivity index (χ0v) is 21.4. The molecule has 0 aromatic heterocycles. The number of carbonyl (C=O) groups is 3. The molecule has 12 nitrogen and oxygen atoms in total. The van der Waals surface area contributed by atoms with E-state index in [-0.39, 0.29) is 41.7 Å². The van der Waals surface area contributed by atoms with E-state index in [0.29, 0.717) is 38.9 Å². The Labute approximate surface area is 218 Å². The fraction of sp³-hybridized carbons (Fsp3) is 0.833. The van der Waals surface area contributed by atoms with E-state index >= 15 is 0 Å². The van der Waals surface area contributed by atoms with Crippen LogP contribution in [-0.2, 0) is 14.4 Å². The minimum absolute atomic E-state index is 0. The first kappa shape index (κ1) is 37.8. The molecule has 0 aliphatic carbocycles. The molecular weight excluding hydrogens is 536 g/mol. The van der Waals surface area contributed by atoms with Crippen molar-refractivity contribution in [3.63, 3.8) is 0 Å². The fourth-order valence-electron chi connectivity index (χ4n) is 1.90. The van der Waals surface area contributed by atoms with Crippen LogP contribution in [0.25, 0.3) is 0 Å². The molecule has 0 aliphatic rings. The molecule has 0 saturated carbocycles. The quantitative estimate of drug-likeness (QED) is 0.101. The number of hydrogen-bond acceptors (Lipinski definition) is 9. The Hall–Kier alpha value is -0.453. The summed E-state index contributed by atoms with van der Waals surface area (Å²) in [6.45, 7) is 1.81. The Bertz CT molecular complexity index is 386. The Morgan fingerprint density at radius 3 is 0.839 bits per heavy atom. The van der Waals surface area contributed by atoms with Gasteiger partial charge in [0.05, 0.1) is 0 Å². The van der Waals surface area contributed by atoms with Crippen molar-refractivity contribution in [3.05, 3.63) is 0 Å². The van der Waals surface area contributed by atoms with E-state index in [1.807, 2.05) is 0 Å². The van der Waals surface area contributed by atoms with E-state index in [0.717, 1.165) is 38.5 Å². The van der Waals surface area contributed by atoms with Gasteiger partial charge in [0.1, 0.15) is 18.1 Å². The SMILES string of the molecule is NCCCC[C@H](N)C(=O)O.NCCCC[C@H](N)C(=O)O.NCCCC[C@H](N)C(=O)O.[Ce]. The second kappa shape index (κ2) is 27.6. The largest absolute Gasteiger partial charge is 0.480 e. The van der Waals surface area contributed by atoms with Gasteiger partial charge in [-0.3, -0.25) is 14.4 Å². The summed E-state index contributed by atoms with van der Waals surface area (Å²) in [7, 11) is 0. The summed E-state index contributed by atoms with van der Waals surface area (Å²) in [4.78, 5) is 30.4. The molecule has 0 bridgehead atoms. The van der Waals surface area contributed by atoms with E-state index in [2.05, 4.69) is 0 Å². The van der Waals surface area contributed by atoms with Gasteiger partial charge in [0, 0.05) is 41.7 Å². The summed E-state index contributed by atoms with van der Waals surface area (Å²) < 4.78 is 0. The van der Waals surface area contributed by atoms with Crippen LogP contribution in [0.2, 0.25) is 0 Å². The third-order valence-electron chi connectivity index (χ3n) is 3.86. The molecule has 0 saturated heterocycles. The molecule has 13 heteroatoms. The summed E-state index contributed by atoms with van der Waals surface area (Å²) >= 11 is 0. The van der Waals surface area contributed by atoms with Crippen LogP contribution in [-0.4, -0.2) is 71.0 Å². The van der Waals surface area contributed by atoms with Crippen LogP contribution in [0.1, 0.15) is 57.8 Å². The Morgan fingerprint density at radius 1 is 0.516 bits per heavy atom. The van der Waals surface area contributed by atoms with E-state index < -0.39 is 36.0 Å². The van der Waals surface area contributed by atoms with Crippen LogP contribution in [0, 0.1) is 41.7 Å². The van der Waals surface area contributed by atoms with Crippen LogP contribution >= 0.6 is 0 Å². The Morgan fingerprint density at radius 2 is 0.710 bits per heavy atom. The van der Waals surface area contributed by atoms with Crippen molar-refractivity contribution in [1.29, 1.82) is 0 Å². The maximum atomic E-state index is 10.1. The normalized spacial score (nSPS) is 12.6. The minimum Gasteiger partial charge on any atom is -0.480 e. The second-order valence-corrected chi connectivity index (χ2v) is 6.69. The van der Waals surface area contributed by atoms with E-state index in [4.69, 9.17) is 49.7 Å². The molecule has 3 atom stereocenters. The number of carboxylic acid groups (broad SMARTS) is 3. The monoisotopic (exact) mass is 578 g/mol. The second-order valence-electron chi connectivity index (χ2n) is 6.69. The summed E-state index contributed by atoms with van der Waals surface area (Å²) in [6.07, 6.45) is 6.49. The van der Waals surface area contributed by atoms with Gasteiger partial charge in [-0.25, -0.2) is 0 Å². The van der Waals surface area contributed by atoms with Crippen LogP contribution in [0.4, 0.5) is 0 Å². The van der Waals surface area contributed by atoms with Crippen LogP contribution in [0.15, 0.2) is 0 Å². The van der Waals surface area contributed by atoms with Crippen molar-refractivity contribution in [1.82, 2.24) is 0 Å².